The smallest absolute Gasteiger partial charge is 0.228 e. The third-order valence-corrected chi connectivity index (χ3v) is 15.3. The van der Waals surface area contributed by atoms with Crippen LogP contribution < -0.4 is 0 Å². The van der Waals surface area contributed by atoms with Crippen LogP contribution in [0.5, 0.6) is 0 Å². The van der Waals surface area contributed by atoms with Crippen molar-refractivity contribution in [2.75, 3.05) is 40.3 Å². The van der Waals surface area contributed by atoms with Gasteiger partial charge in [0.2, 0.25) is 23.6 Å². The van der Waals surface area contributed by atoms with Gasteiger partial charge in [-0.2, -0.15) is 0 Å². The Morgan fingerprint density at radius 1 is 0.552 bits per heavy atom. The molecule has 58 heavy (non-hydrogen) atoms. The molecular formula is C50H88N4O4. The highest BCUT2D eigenvalue weighted by Crippen LogP contribution is 2.60. The van der Waals surface area contributed by atoms with E-state index in [4.69, 9.17) is 0 Å². The number of hydrogen-bond acceptors (Lipinski definition) is 4. The Balaban J connectivity index is 0.000000221. The first-order valence-corrected chi connectivity index (χ1v) is 24.9. The molecule has 7 aliphatic rings. The van der Waals surface area contributed by atoms with Crippen LogP contribution >= 0.6 is 0 Å². The Hall–Kier alpha value is -2.12. The summed E-state index contributed by atoms with van der Waals surface area (Å²) < 4.78 is 0. The van der Waals surface area contributed by atoms with Crippen LogP contribution in [0.25, 0.3) is 0 Å². The summed E-state index contributed by atoms with van der Waals surface area (Å²) in [6.07, 6.45) is 30.8. The van der Waals surface area contributed by atoms with E-state index in [-0.39, 0.29) is 17.2 Å². The van der Waals surface area contributed by atoms with Crippen molar-refractivity contribution in [1.29, 1.82) is 0 Å². The first kappa shape index (κ1) is 46.9. The largest absolute Gasteiger partial charge is 0.345 e. The van der Waals surface area contributed by atoms with Gasteiger partial charge in [-0.15, -0.1) is 0 Å². The summed E-state index contributed by atoms with van der Waals surface area (Å²) >= 11 is 0. The number of carbonyl (C=O) groups excluding carboxylic acids is 4. The van der Waals surface area contributed by atoms with Crippen molar-refractivity contribution in [1.82, 2.24) is 19.6 Å². The molecule has 0 spiro atoms. The number of hydrogen-bond donors (Lipinski definition) is 0. The predicted molar refractivity (Wildman–Crippen MR) is 237 cm³/mol. The molecule has 7 saturated carbocycles. The third-order valence-electron chi connectivity index (χ3n) is 15.3. The second kappa shape index (κ2) is 23.2. The van der Waals surface area contributed by atoms with Crippen molar-refractivity contribution < 1.29 is 19.2 Å². The fraction of sp³-hybridized carbons (Fsp3) is 0.920. The van der Waals surface area contributed by atoms with E-state index in [1.807, 2.05) is 28.8 Å². The lowest BCUT2D eigenvalue weighted by molar-refractivity contribution is -0.156. The molecule has 7 rings (SSSR count). The third kappa shape index (κ3) is 13.7. The maximum absolute atomic E-state index is 13.3. The van der Waals surface area contributed by atoms with Gasteiger partial charge in [-0.05, 0) is 132 Å². The van der Waals surface area contributed by atoms with Gasteiger partial charge in [-0.1, -0.05) is 85.5 Å². The van der Waals surface area contributed by atoms with Crippen LogP contribution in [-0.4, -0.2) is 95.6 Å². The number of nitrogens with zero attached hydrogens (tertiary/aromatic N) is 4. The molecule has 0 aromatic carbocycles. The average molecular weight is 809 g/mol. The minimum Gasteiger partial charge on any atom is -0.345 e. The first-order chi connectivity index (χ1) is 27.8. The molecule has 8 heteroatoms. The zero-order valence-electron chi connectivity index (χ0n) is 38.5. The van der Waals surface area contributed by atoms with E-state index in [2.05, 4.69) is 32.6 Å². The molecule has 0 radical (unpaired) electrons. The Labute approximate surface area is 355 Å². The molecule has 7 fully saturated rings. The highest BCUT2D eigenvalue weighted by atomic mass is 16.2. The summed E-state index contributed by atoms with van der Waals surface area (Å²) in [4.78, 5) is 60.2. The zero-order valence-corrected chi connectivity index (χ0v) is 38.5. The molecule has 0 aliphatic heterocycles. The molecule has 0 aromatic heterocycles. The van der Waals surface area contributed by atoms with Crippen LogP contribution in [0.1, 0.15) is 201 Å². The average Bonchev–Trinajstić information content (AvgIpc) is 3.21. The normalized spacial score (nSPS) is 26.3. The van der Waals surface area contributed by atoms with Gasteiger partial charge in [0.1, 0.15) is 0 Å². The van der Waals surface area contributed by atoms with Crippen molar-refractivity contribution in [3.63, 3.8) is 0 Å². The molecule has 0 atom stereocenters. The summed E-state index contributed by atoms with van der Waals surface area (Å²) in [5, 5.41) is 0. The lowest BCUT2D eigenvalue weighted by Gasteiger charge is -2.56. The predicted octanol–water partition coefficient (Wildman–Crippen LogP) is 10.7. The molecule has 0 unspecified atom stereocenters. The molecule has 4 bridgehead atoms. The first-order valence-electron chi connectivity index (χ1n) is 24.9. The summed E-state index contributed by atoms with van der Waals surface area (Å²) in [5.74, 6) is 5.12. The highest BCUT2D eigenvalue weighted by Gasteiger charge is 2.55. The maximum atomic E-state index is 13.3. The van der Waals surface area contributed by atoms with Gasteiger partial charge in [0.25, 0.3) is 0 Å². The number of carbonyl (C=O) groups is 4. The van der Waals surface area contributed by atoms with E-state index in [1.54, 1.807) is 0 Å². The van der Waals surface area contributed by atoms with Gasteiger partial charge < -0.3 is 19.6 Å². The fourth-order valence-electron chi connectivity index (χ4n) is 12.7. The maximum Gasteiger partial charge on any atom is 0.228 e. The Kier molecular flexibility index (Phi) is 18.8. The molecule has 0 heterocycles. The summed E-state index contributed by atoms with van der Waals surface area (Å²) in [6.45, 7) is 12.0. The zero-order chi connectivity index (χ0) is 41.7. The van der Waals surface area contributed by atoms with E-state index in [0.717, 1.165) is 102 Å². The summed E-state index contributed by atoms with van der Waals surface area (Å²) in [6, 6.07) is 0.918. The van der Waals surface area contributed by atoms with Gasteiger partial charge in [0.15, 0.2) is 0 Å². The molecular weight excluding hydrogens is 721 g/mol. The van der Waals surface area contributed by atoms with E-state index >= 15 is 0 Å². The minimum absolute atomic E-state index is 0.0371. The van der Waals surface area contributed by atoms with Crippen molar-refractivity contribution in [2.45, 2.75) is 213 Å². The Bertz CT molecular complexity index is 1230. The molecule has 8 nitrogen and oxygen atoms in total. The van der Waals surface area contributed by atoms with Gasteiger partial charge in [0, 0.05) is 71.1 Å². The number of unbranched alkanes of at least 4 members (excludes halogenated alkanes) is 2. The fourth-order valence-corrected chi connectivity index (χ4v) is 12.7. The standard InChI is InChI=1S/2C25H44N2O2/c1-18(2)16-27(17-19(3)4)23(28)8-6-7-9-26(5)24(29)25-13-20-10-21(14-25)12-22(11-20)15-25;1-26(22-15-7-3-8-16-22)24(28)19-11-12-20-27(23-17-9-4-10-18-23)25(29)21-13-5-2-6-14-21/h18-22H,6-17H2,1-5H3;21-23H,2-20H2,1H3. The van der Waals surface area contributed by atoms with Crippen LogP contribution in [0.3, 0.4) is 0 Å². The lowest BCUT2D eigenvalue weighted by atomic mass is 9.49. The quantitative estimate of drug-likeness (QED) is 0.129. The lowest BCUT2D eigenvalue weighted by Crippen LogP contribution is -2.54. The molecule has 0 N–H and O–H groups in total. The molecule has 0 saturated heterocycles. The summed E-state index contributed by atoms with van der Waals surface area (Å²) in [5.41, 5.74) is -0.0371. The molecule has 4 amide bonds. The monoisotopic (exact) mass is 809 g/mol. The SMILES string of the molecule is CC(C)CN(CC(C)C)C(=O)CCCCN(C)C(=O)C12CC3CC(CC(C3)C1)C2.CN(C(=O)CCCCN(C(=O)C1CCCCC1)C1CCCCC1)C1CCCCC1. The highest BCUT2D eigenvalue weighted by molar-refractivity contribution is 5.83. The number of rotatable bonds is 18. The van der Waals surface area contributed by atoms with Crippen molar-refractivity contribution in [3.05, 3.63) is 0 Å². The Morgan fingerprint density at radius 3 is 1.50 bits per heavy atom. The summed E-state index contributed by atoms with van der Waals surface area (Å²) in [7, 11) is 3.99. The van der Waals surface area contributed by atoms with Crippen molar-refractivity contribution >= 4 is 23.6 Å². The van der Waals surface area contributed by atoms with Gasteiger partial charge in [0.05, 0.1) is 5.41 Å². The van der Waals surface area contributed by atoms with Crippen molar-refractivity contribution in [2.24, 2.45) is 40.9 Å². The second-order valence-electron chi connectivity index (χ2n) is 21.4. The topological polar surface area (TPSA) is 81.2 Å². The van der Waals surface area contributed by atoms with Gasteiger partial charge >= 0.3 is 0 Å². The van der Waals surface area contributed by atoms with Crippen LogP contribution in [0, 0.1) is 40.9 Å². The molecule has 7 aliphatic carbocycles. The Morgan fingerprint density at radius 2 is 1.00 bits per heavy atom. The second-order valence-corrected chi connectivity index (χ2v) is 21.4. The van der Waals surface area contributed by atoms with Gasteiger partial charge in [-0.3, -0.25) is 19.2 Å². The van der Waals surface area contributed by atoms with E-state index in [1.165, 1.54) is 103 Å². The van der Waals surface area contributed by atoms with E-state index < -0.39 is 0 Å². The van der Waals surface area contributed by atoms with Crippen LogP contribution in [-0.2, 0) is 19.2 Å². The van der Waals surface area contributed by atoms with E-state index in [9.17, 15) is 19.2 Å². The van der Waals surface area contributed by atoms with E-state index in [0.29, 0.717) is 54.5 Å². The van der Waals surface area contributed by atoms with Gasteiger partial charge in [-0.25, -0.2) is 0 Å². The molecule has 332 valence electrons. The molecule has 0 aromatic rings. The van der Waals surface area contributed by atoms with Crippen LogP contribution in [0.4, 0.5) is 0 Å². The van der Waals surface area contributed by atoms with Crippen LogP contribution in [0.15, 0.2) is 0 Å². The number of amides is 4. The minimum atomic E-state index is -0.0371. The van der Waals surface area contributed by atoms with Crippen LogP contribution in [0.2, 0.25) is 0 Å². The van der Waals surface area contributed by atoms with Crippen molar-refractivity contribution in [3.8, 4) is 0 Å².